The summed E-state index contributed by atoms with van der Waals surface area (Å²) in [6, 6.07) is 0. The van der Waals surface area contributed by atoms with Crippen LogP contribution in [0, 0.1) is 0 Å². The molecule has 0 aliphatic carbocycles. The van der Waals surface area contributed by atoms with Gasteiger partial charge in [0.2, 0.25) is 0 Å². The van der Waals surface area contributed by atoms with Crippen LogP contribution in [0.4, 0.5) is 0 Å². The van der Waals surface area contributed by atoms with Gasteiger partial charge in [0, 0.05) is 6.21 Å². The van der Waals surface area contributed by atoms with Gasteiger partial charge >= 0.3 is 0 Å². The molecule has 3 heteroatoms. The predicted molar refractivity (Wildman–Crippen MR) is 33.5 cm³/mol. The van der Waals surface area contributed by atoms with Crippen LogP contribution in [0.2, 0.25) is 0 Å². The van der Waals surface area contributed by atoms with E-state index in [1.165, 1.54) is 0 Å². The zero-order valence-corrected chi connectivity index (χ0v) is 5.27. The zero-order chi connectivity index (χ0) is 5.11. The summed E-state index contributed by atoms with van der Waals surface area (Å²) in [4.78, 5) is 3.88. The Bertz CT molecular complexity index is 117. The van der Waals surface area contributed by atoms with Gasteiger partial charge in [-0.15, -0.1) is 0 Å². The van der Waals surface area contributed by atoms with E-state index < -0.39 is 0 Å². The lowest BCUT2D eigenvalue weighted by Crippen LogP contribution is -2.11. The van der Waals surface area contributed by atoms with Crippen molar-refractivity contribution in [3.63, 3.8) is 0 Å². The summed E-state index contributed by atoms with van der Waals surface area (Å²) in [6.07, 6.45) is 3.63. The maximum absolute atomic E-state index is 3.88. The molecule has 0 saturated carbocycles. The number of allylic oxidation sites excluding steroid dienone is 1. The first-order chi connectivity index (χ1) is 3.39. The Kier molecular flexibility index (Phi) is 1.46. The van der Waals surface area contributed by atoms with Crippen LogP contribution in [0.15, 0.2) is 15.7 Å². The van der Waals surface area contributed by atoms with Crippen molar-refractivity contribution < 1.29 is 0 Å². The molecule has 0 bridgehead atoms. The maximum atomic E-state index is 3.88. The number of halogens is 1. The third kappa shape index (κ3) is 1.31. The van der Waals surface area contributed by atoms with Crippen molar-refractivity contribution in [2.45, 2.75) is 0 Å². The Morgan fingerprint density at radius 2 is 2.71 bits per heavy atom. The topological polar surface area (TPSA) is 24.4 Å². The van der Waals surface area contributed by atoms with Gasteiger partial charge in [0.05, 0.1) is 4.61 Å². The van der Waals surface area contributed by atoms with Crippen LogP contribution in [0.5, 0.6) is 0 Å². The number of hydrogen-bond donors (Lipinski definition) is 1. The van der Waals surface area contributed by atoms with E-state index in [0.29, 0.717) is 6.67 Å². The monoisotopic (exact) mass is 160 g/mol. The molecule has 0 amide bonds. The van der Waals surface area contributed by atoms with Gasteiger partial charge in [0.25, 0.3) is 0 Å². The molecule has 0 unspecified atom stereocenters. The van der Waals surface area contributed by atoms with E-state index in [1.54, 1.807) is 6.21 Å². The number of aliphatic imine (C=N–C) groups is 1. The molecule has 2 nitrogen and oxygen atoms in total. The molecule has 0 aromatic heterocycles. The van der Waals surface area contributed by atoms with Gasteiger partial charge in [0.15, 0.2) is 0 Å². The lowest BCUT2D eigenvalue weighted by molar-refractivity contribution is 0.869. The smallest absolute Gasteiger partial charge is 0.108 e. The second kappa shape index (κ2) is 2.12. The molecule has 1 aliphatic rings. The predicted octanol–water partition coefficient (Wildman–Crippen LogP) is 0.854. The minimum Gasteiger partial charge on any atom is -0.360 e. The molecular weight excluding hydrogens is 156 g/mol. The summed E-state index contributed by atoms with van der Waals surface area (Å²) in [5, 5.41) is 2.96. The summed E-state index contributed by atoms with van der Waals surface area (Å²) < 4.78 is 1.00. The molecule has 0 fully saturated rings. The Morgan fingerprint density at radius 3 is 3.00 bits per heavy atom. The van der Waals surface area contributed by atoms with Gasteiger partial charge in [0.1, 0.15) is 6.67 Å². The quantitative estimate of drug-likeness (QED) is 0.523. The summed E-state index contributed by atoms with van der Waals surface area (Å²) in [7, 11) is 0. The fourth-order valence-electron chi connectivity index (χ4n) is 0.351. The van der Waals surface area contributed by atoms with Crippen molar-refractivity contribution in [1.82, 2.24) is 5.32 Å². The van der Waals surface area contributed by atoms with Crippen molar-refractivity contribution in [3.8, 4) is 0 Å². The van der Waals surface area contributed by atoms with Gasteiger partial charge in [-0.2, -0.15) is 0 Å². The van der Waals surface area contributed by atoms with Crippen molar-refractivity contribution in [2.24, 2.45) is 4.99 Å². The van der Waals surface area contributed by atoms with Gasteiger partial charge in [-0.1, -0.05) is 0 Å². The van der Waals surface area contributed by atoms with Crippen molar-refractivity contribution in [3.05, 3.63) is 10.7 Å². The molecule has 38 valence electrons. The summed E-state index contributed by atoms with van der Waals surface area (Å²) >= 11 is 3.25. The van der Waals surface area contributed by atoms with Crippen LogP contribution in [0.3, 0.4) is 0 Å². The molecule has 1 heterocycles. The molecular formula is C4H5BrN2. The van der Waals surface area contributed by atoms with Crippen molar-refractivity contribution in [2.75, 3.05) is 6.67 Å². The maximum Gasteiger partial charge on any atom is 0.108 e. The van der Waals surface area contributed by atoms with E-state index in [0.717, 1.165) is 4.61 Å². The first-order valence-electron chi connectivity index (χ1n) is 1.99. The highest BCUT2D eigenvalue weighted by Gasteiger charge is 1.88. The number of hydrogen-bond acceptors (Lipinski definition) is 2. The highest BCUT2D eigenvalue weighted by molar-refractivity contribution is 9.11. The zero-order valence-electron chi connectivity index (χ0n) is 3.69. The van der Waals surface area contributed by atoms with E-state index in [2.05, 4.69) is 26.2 Å². The fourth-order valence-corrected chi connectivity index (χ4v) is 0.595. The molecule has 1 rings (SSSR count). The summed E-state index contributed by atoms with van der Waals surface area (Å²) in [5.74, 6) is 0. The van der Waals surface area contributed by atoms with Crippen LogP contribution in [-0.2, 0) is 0 Å². The Labute approximate surface area is 50.5 Å². The molecule has 0 saturated heterocycles. The fraction of sp³-hybridized carbons (Fsp3) is 0.250. The standard InChI is InChI=1S/C4H5BrN2/c5-4-1-2-6-3-7-4/h1-2,7H,3H2. The minimum atomic E-state index is 0.692. The van der Waals surface area contributed by atoms with E-state index >= 15 is 0 Å². The Balaban J connectivity index is 2.57. The molecule has 1 aliphatic heterocycles. The van der Waals surface area contributed by atoms with E-state index in [-0.39, 0.29) is 0 Å². The SMILES string of the molecule is BrC1=CC=NCN1. The highest BCUT2D eigenvalue weighted by Crippen LogP contribution is 1.99. The minimum absolute atomic E-state index is 0.692. The molecule has 0 aromatic carbocycles. The van der Waals surface area contributed by atoms with Crippen LogP contribution in [0.25, 0.3) is 0 Å². The van der Waals surface area contributed by atoms with Gasteiger partial charge < -0.3 is 5.32 Å². The molecule has 0 atom stereocenters. The van der Waals surface area contributed by atoms with Crippen molar-refractivity contribution >= 4 is 22.1 Å². The van der Waals surface area contributed by atoms with Crippen LogP contribution in [0.1, 0.15) is 0 Å². The van der Waals surface area contributed by atoms with Crippen LogP contribution >= 0.6 is 15.9 Å². The van der Waals surface area contributed by atoms with Crippen LogP contribution < -0.4 is 5.32 Å². The third-order valence-corrected chi connectivity index (χ3v) is 1.21. The van der Waals surface area contributed by atoms with Crippen molar-refractivity contribution in [1.29, 1.82) is 0 Å². The van der Waals surface area contributed by atoms with E-state index in [1.807, 2.05) is 6.08 Å². The molecule has 0 radical (unpaired) electrons. The third-order valence-electron chi connectivity index (χ3n) is 0.665. The summed E-state index contributed by atoms with van der Waals surface area (Å²) in [6.45, 7) is 0.692. The Hall–Kier alpha value is -0.310. The van der Waals surface area contributed by atoms with Gasteiger partial charge in [-0.3, -0.25) is 4.99 Å². The van der Waals surface area contributed by atoms with E-state index in [4.69, 9.17) is 0 Å². The average molecular weight is 161 g/mol. The van der Waals surface area contributed by atoms with Gasteiger partial charge in [-0.05, 0) is 22.0 Å². The first kappa shape index (κ1) is 4.84. The molecule has 0 spiro atoms. The highest BCUT2D eigenvalue weighted by atomic mass is 79.9. The second-order valence-corrected chi connectivity index (χ2v) is 2.04. The molecule has 1 N–H and O–H groups in total. The number of rotatable bonds is 0. The molecule has 0 aromatic rings. The van der Waals surface area contributed by atoms with Crippen LogP contribution in [-0.4, -0.2) is 12.9 Å². The average Bonchev–Trinajstić information content (AvgIpc) is 1.69. The van der Waals surface area contributed by atoms with E-state index in [9.17, 15) is 0 Å². The first-order valence-corrected chi connectivity index (χ1v) is 2.78. The second-order valence-electron chi connectivity index (χ2n) is 1.18. The number of nitrogens with zero attached hydrogens (tertiary/aromatic N) is 1. The summed E-state index contributed by atoms with van der Waals surface area (Å²) in [5.41, 5.74) is 0. The number of nitrogens with one attached hydrogen (secondary N) is 1. The Morgan fingerprint density at radius 1 is 1.86 bits per heavy atom. The normalized spacial score (nSPS) is 18.1. The lowest BCUT2D eigenvalue weighted by Gasteiger charge is -2.01. The molecule has 7 heavy (non-hydrogen) atoms. The van der Waals surface area contributed by atoms with Gasteiger partial charge in [-0.25, -0.2) is 0 Å². The lowest BCUT2D eigenvalue weighted by atomic mass is 10.6. The largest absolute Gasteiger partial charge is 0.360 e.